The van der Waals surface area contributed by atoms with Crippen molar-refractivity contribution in [1.29, 1.82) is 0 Å². The number of aryl methyl sites for hydroxylation is 1. The number of halogens is 3. The molecule has 8 heteroatoms. The Morgan fingerprint density at radius 2 is 2.00 bits per heavy atom. The Balaban J connectivity index is 1.67. The predicted octanol–water partition coefficient (Wildman–Crippen LogP) is 2.68. The number of likely N-dealkylation sites (tertiary alicyclic amines) is 1. The molecule has 0 spiro atoms. The van der Waals surface area contributed by atoms with Crippen LogP contribution in [-0.4, -0.2) is 40.3 Å². The standard InChI is InChI=1S/C17H17F3N2O3/c1-10-6-14(25-21-10)7-12-8-22(9-15(12)23)16(24)11-2-4-13(5-3-11)17(18,19)20/h2-6,12,15,23H,7-9H2,1H3/t12-,15-/m1/s1. The maximum atomic E-state index is 12.6. The summed E-state index contributed by atoms with van der Waals surface area (Å²) < 4.78 is 42.9. The molecule has 0 aliphatic carbocycles. The van der Waals surface area contributed by atoms with Crippen molar-refractivity contribution in [2.24, 2.45) is 5.92 Å². The summed E-state index contributed by atoms with van der Waals surface area (Å²) in [6.07, 6.45) is -4.71. The second-order valence-corrected chi connectivity index (χ2v) is 6.25. The Morgan fingerprint density at radius 3 is 2.56 bits per heavy atom. The molecule has 1 amide bonds. The Kier molecular flexibility index (Phi) is 4.55. The van der Waals surface area contributed by atoms with E-state index in [4.69, 9.17) is 4.52 Å². The van der Waals surface area contributed by atoms with E-state index in [2.05, 4.69) is 5.16 Å². The van der Waals surface area contributed by atoms with Crippen LogP contribution in [0, 0.1) is 12.8 Å². The lowest BCUT2D eigenvalue weighted by Crippen LogP contribution is -2.29. The number of β-amino-alcohol motifs (C(OH)–C–C–N with tert-alkyl or cyclic N) is 1. The Labute approximate surface area is 142 Å². The molecule has 0 saturated carbocycles. The van der Waals surface area contributed by atoms with Gasteiger partial charge in [-0.1, -0.05) is 5.16 Å². The van der Waals surface area contributed by atoms with E-state index in [9.17, 15) is 23.1 Å². The molecule has 5 nitrogen and oxygen atoms in total. The molecular formula is C17H17F3N2O3. The molecule has 1 N–H and O–H groups in total. The van der Waals surface area contributed by atoms with Crippen molar-refractivity contribution in [2.45, 2.75) is 25.6 Å². The van der Waals surface area contributed by atoms with Gasteiger partial charge >= 0.3 is 6.18 Å². The van der Waals surface area contributed by atoms with Crippen LogP contribution in [0.2, 0.25) is 0 Å². The Hall–Kier alpha value is -2.35. The van der Waals surface area contributed by atoms with Gasteiger partial charge in [0.1, 0.15) is 5.76 Å². The van der Waals surface area contributed by atoms with E-state index in [0.29, 0.717) is 18.7 Å². The molecule has 1 aromatic heterocycles. The molecule has 1 aromatic carbocycles. The van der Waals surface area contributed by atoms with Crippen molar-refractivity contribution in [3.63, 3.8) is 0 Å². The first-order valence-electron chi connectivity index (χ1n) is 7.81. The van der Waals surface area contributed by atoms with Crippen LogP contribution < -0.4 is 0 Å². The van der Waals surface area contributed by atoms with Crippen molar-refractivity contribution in [2.75, 3.05) is 13.1 Å². The SMILES string of the molecule is Cc1cc(C[C@@H]2CN(C(=O)c3ccc(C(F)(F)F)cc3)C[C@H]2O)on1. The zero-order valence-electron chi connectivity index (χ0n) is 13.5. The summed E-state index contributed by atoms with van der Waals surface area (Å²) >= 11 is 0. The van der Waals surface area contributed by atoms with Gasteiger partial charge in [0.05, 0.1) is 17.4 Å². The highest BCUT2D eigenvalue weighted by atomic mass is 19.4. The molecule has 2 heterocycles. The molecule has 0 radical (unpaired) electrons. The lowest BCUT2D eigenvalue weighted by atomic mass is 10.0. The van der Waals surface area contributed by atoms with Crippen LogP contribution in [0.4, 0.5) is 13.2 Å². The molecule has 0 unspecified atom stereocenters. The van der Waals surface area contributed by atoms with Crippen LogP contribution in [0.5, 0.6) is 0 Å². The van der Waals surface area contributed by atoms with Crippen molar-refractivity contribution in [3.8, 4) is 0 Å². The van der Waals surface area contributed by atoms with E-state index in [1.165, 1.54) is 4.90 Å². The van der Waals surface area contributed by atoms with Gasteiger partial charge in [0.2, 0.25) is 0 Å². The number of rotatable bonds is 3. The second-order valence-electron chi connectivity index (χ2n) is 6.25. The maximum absolute atomic E-state index is 12.6. The maximum Gasteiger partial charge on any atom is 0.416 e. The fourth-order valence-electron chi connectivity index (χ4n) is 2.98. The normalized spacial score (nSPS) is 20.9. The van der Waals surface area contributed by atoms with Crippen LogP contribution >= 0.6 is 0 Å². The lowest BCUT2D eigenvalue weighted by Gasteiger charge is -2.16. The van der Waals surface area contributed by atoms with Crippen LogP contribution in [-0.2, 0) is 12.6 Å². The molecule has 134 valence electrons. The summed E-state index contributed by atoms with van der Waals surface area (Å²) in [6.45, 7) is 2.23. The van der Waals surface area contributed by atoms with Gasteiger partial charge in [0.25, 0.3) is 5.91 Å². The summed E-state index contributed by atoms with van der Waals surface area (Å²) in [7, 11) is 0. The van der Waals surface area contributed by atoms with E-state index in [-0.39, 0.29) is 18.0 Å². The summed E-state index contributed by atoms with van der Waals surface area (Å²) in [6, 6.07) is 5.85. The fourth-order valence-corrected chi connectivity index (χ4v) is 2.98. The average molecular weight is 354 g/mol. The number of aliphatic hydroxyl groups is 1. The molecule has 2 aromatic rings. The number of benzene rings is 1. The highest BCUT2D eigenvalue weighted by Gasteiger charge is 2.35. The van der Waals surface area contributed by atoms with Crippen molar-refractivity contribution in [3.05, 3.63) is 52.9 Å². The first-order chi connectivity index (χ1) is 11.7. The molecule has 0 bridgehead atoms. The molecule has 1 fully saturated rings. The van der Waals surface area contributed by atoms with Crippen molar-refractivity contribution < 1.29 is 27.6 Å². The Bertz CT molecular complexity index is 755. The summed E-state index contributed by atoms with van der Waals surface area (Å²) in [5.74, 6) is 0.0279. The van der Waals surface area contributed by atoms with Gasteiger partial charge < -0.3 is 14.5 Å². The summed E-state index contributed by atoms with van der Waals surface area (Å²) in [5, 5.41) is 14.0. The van der Waals surface area contributed by atoms with Crippen molar-refractivity contribution >= 4 is 5.91 Å². The van der Waals surface area contributed by atoms with E-state index in [0.717, 1.165) is 30.0 Å². The molecule has 1 saturated heterocycles. The number of alkyl halides is 3. The number of hydrogen-bond donors (Lipinski definition) is 1. The highest BCUT2D eigenvalue weighted by molar-refractivity contribution is 5.94. The second kappa shape index (κ2) is 6.51. The molecule has 3 rings (SSSR count). The predicted molar refractivity (Wildman–Crippen MR) is 81.8 cm³/mol. The third-order valence-corrected chi connectivity index (χ3v) is 4.29. The zero-order valence-corrected chi connectivity index (χ0v) is 13.5. The number of hydrogen-bond acceptors (Lipinski definition) is 4. The van der Waals surface area contributed by atoms with Crippen molar-refractivity contribution in [1.82, 2.24) is 10.1 Å². The monoisotopic (exact) mass is 354 g/mol. The number of carbonyl (C=O) groups excluding carboxylic acids is 1. The third-order valence-electron chi connectivity index (χ3n) is 4.29. The van der Waals surface area contributed by atoms with Gasteiger partial charge in [-0.05, 0) is 31.2 Å². The lowest BCUT2D eigenvalue weighted by molar-refractivity contribution is -0.137. The van der Waals surface area contributed by atoms with Crippen LogP contribution in [0.15, 0.2) is 34.9 Å². The number of aromatic nitrogens is 1. The van der Waals surface area contributed by atoms with E-state index in [1.54, 1.807) is 13.0 Å². The molecule has 1 aliphatic rings. The average Bonchev–Trinajstić information content (AvgIpc) is 3.12. The number of aliphatic hydroxyl groups excluding tert-OH is 1. The Morgan fingerprint density at radius 1 is 1.32 bits per heavy atom. The molecule has 2 atom stereocenters. The number of carbonyl (C=O) groups is 1. The van der Waals surface area contributed by atoms with Gasteiger partial charge in [-0.15, -0.1) is 0 Å². The zero-order chi connectivity index (χ0) is 18.2. The molecule has 1 aliphatic heterocycles. The van der Waals surface area contributed by atoms with E-state index in [1.807, 2.05) is 0 Å². The topological polar surface area (TPSA) is 66.6 Å². The summed E-state index contributed by atoms with van der Waals surface area (Å²) in [4.78, 5) is 13.9. The van der Waals surface area contributed by atoms with Crippen LogP contribution in [0.25, 0.3) is 0 Å². The van der Waals surface area contributed by atoms with Gasteiger partial charge in [0, 0.05) is 37.1 Å². The van der Waals surface area contributed by atoms with Gasteiger partial charge in [-0.2, -0.15) is 13.2 Å². The first-order valence-corrected chi connectivity index (χ1v) is 7.81. The molecule has 25 heavy (non-hydrogen) atoms. The third kappa shape index (κ3) is 3.84. The minimum absolute atomic E-state index is 0.137. The highest BCUT2D eigenvalue weighted by Crippen LogP contribution is 2.30. The first kappa shape index (κ1) is 17.5. The minimum atomic E-state index is -4.44. The largest absolute Gasteiger partial charge is 0.416 e. The quantitative estimate of drug-likeness (QED) is 0.920. The van der Waals surface area contributed by atoms with Gasteiger partial charge in [-0.3, -0.25) is 4.79 Å². The number of amides is 1. The fraction of sp³-hybridized carbons (Fsp3) is 0.412. The van der Waals surface area contributed by atoms with Crippen LogP contribution in [0.3, 0.4) is 0 Å². The summed E-state index contributed by atoms with van der Waals surface area (Å²) in [5.41, 5.74) is 0.0978. The smallest absolute Gasteiger partial charge is 0.391 e. The van der Waals surface area contributed by atoms with Gasteiger partial charge in [-0.25, -0.2) is 0 Å². The molecular weight excluding hydrogens is 337 g/mol. The minimum Gasteiger partial charge on any atom is -0.391 e. The number of nitrogens with zero attached hydrogens (tertiary/aromatic N) is 2. The van der Waals surface area contributed by atoms with Crippen LogP contribution in [0.1, 0.15) is 27.4 Å². The van der Waals surface area contributed by atoms with E-state index < -0.39 is 23.8 Å². The van der Waals surface area contributed by atoms with E-state index >= 15 is 0 Å². The van der Waals surface area contributed by atoms with Gasteiger partial charge in [0.15, 0.2) is 0 Å².